The van der Waals surface area contributed by atoms with Crippen LogP contribution < -0.4 is 4.74 Å². The van der Waals surface area contributed by atoms with E-state index in [-0.39, 0.29) is 25.0 Å². The monoisotopic (exact) mass is 271 g/mol. The lowest BCUT2D eigenvalue weighted by molar-refractivity contribution is -0.132. The Morgan fingerprint density at radius 1 is 1.56 bits per heavy atom. The minimum Gasteiger partial charge on any atom is -0.493 e. The molecule has 0 radical (unpaired) electrons. The second-order valence-electron chi connectivity index (χ2n) is 4.09. The summed E-state index contributed by atoms with van der Waals surface area (Å²) in [6, 6.07) is 6.86. The van der Waals surface area contributed by atoms with E-state index in [1.807, 2.05) is 0 Å². The van der Waals surface area contributed by atoms with E-state index in [0.29, 0.717) is 17.4 Å². The fourth-order valence-electron chi connectivity index (χ4n) is 1.36. The summed E-state index contributed by atoms with van der Waals surface area (Å²) in [5, 5.41) is 9.55. The van der Waals surface area contributed by atoms with Gasteiger partial charge in [0.15, 0.2) is 0 Å². The first kappa shape index (κ1) is 14.8. The number of rotatable bonds is 6. The normalized spacial score (nSPS) is 12.0. The zero-order chi connectivity index (χ0) is 13.5. The largest absolute Gasteiger partial charge is 0.493 e. The number of ether oxygens (including phenoxy) is 1. The SMILES string of the molecule is CC(CO)N(C)C(=O)CCOc1cccc(Cl)c1. The third-order valence-corrected chi connectivity index (χ3v) is 2.93. The van der Waals surface area contributed by atoms with E-state index in [1.54, 1.807) is 38.2 Å². The van der Waals surface area contributed by atoms with Crippen LogP contribution in [-0.2, 0) is 4.79 Å². The lowest BCUT2D eigenvalue weighted by Crippen LogP contribution is -2.37. The fourth-order valence-corrected chi connectivity index (χ4v) is 1.54. The van der Waals surface area contributed by atoms with Gasteiger partial charge in [-0.2, -0.15) is 0 Å². The van der Waals surface area contributed by atoms with E-state index >= 15 is 0 Å². The lowest BCUT2D eigenvalue weighted by Gasteiger charge is -2.23. The van der Waals surface area contributed by atoms with Crippen LogP contribution in [0.2, 0.25) is 5.02 Å². The minimum absolute atomic E-state index is 0.0443. The van der Waals surface area contributed by atoms with Crippen molar-refractivity contribution in [3.63, 3.8) is 0 Å². The number of hydrogen-bond donors (Lipinski definition) is 1. The Morgan fingerprint density at radius 3 is 2.89 bits per heavy atom. The Hall–Kier alpha value is -1.26. The minimum atomic E-state index is -0.177. The van der Waals surface area contributed by atoms with Gasteiger partial charge in [-0.1, -0.05) is 17.7 Å². The number of carbonyl (C=O) groups is 1. The summed E-state index contributed by atoms with van der Waals surface area (Å²) in [5.74, 6) is 0.590. The molecule has 1 amide bonds. The molecule has 4 nitrogen and oxygen atoms in total. The van der Waals surface area contributed by atoms with Gasteiger partial charge in [0.25, 0.3) is 0 Å². The van der Waals surface area contributed by atoms with Crippen LogP contribution in [0.4, 0.5) is 0 Å². The first-order valence-corrected chi connectivity index (χ1v) is 6.17. The zero-order valence-corrected chi connectivity index (χ0v) is 11.4. The van der Waals surface area contributed by atoms with Gasteiger partial charge in [0.05, 0.1) is 25.7 Å². The van der Waals surface area contributed by atoms with Crippen molar-refractivity contribution in [3.8, 4) is 5.75 Å². The van der Waals surface area contributed by atoms with Crippen LogP contribution in [-0.4, -0.2) is 42.2 Å². The lowest BCUT2D eigenvalue weighted by atomic mass is 10.3. The van der Waals surface area contributed by atoms with Crippen molar-refractivity contribution in [3.05, 3.63) is 29.3 Å². The molecule has 1 rings (SSSR count). The van der Waals surface area contributed by atoms with E-state index in [0.717, 1.165) is 0 Å². The van der Waals surface area contributed by atoms with Crippen molar-refractivity contribution in [2.45, 2.75) is 19.4 Å². The Bertz CT molecular complexity index is 398. The van der Waals surface area contributed by atoms with Gasteiger partial charge in [0.1, 0.15) is 5.75 Å². The van der Waals surface area contributed by atoms with Gasteiger partial charge in [-0.25, -0.2) is 0 Å². The van der Waals surface area contributed by atoms with Crippen LogP contribution in [0.25, 0.3) is 0 Å². The number of nitrogens with zero attached hydrogens (tertiary/aromatic N) is 1. The van der Waals surface area contributed by atoms with Crippen molar-refractivity contribution < 1.29 is 14.6 Å². The molecule has 0 fully saturated rings. The molecule has 1 aromatic carbocycles. The molecule has 1 atom stereocenters. The van der Waals surface area contributed by atoms with Crippen LogP contribution in [0.3, 0.4) is 0 Å². The zero-order valence-electron chi connectivity index (χ0n) is 10.6. The number of likely N-dealkylation sites (N-methyl/N-ethyl adjacent to an activating group) is 1. The number of halogens is 1. The number of hydrogen-bond acceptors (Lipinski definition) is 3. The Balaban J connectivity index is 2.36. The smallest absolute Gasteiger partial charge is 0.226 e. The number of aliphatic hydroxyl groups is 1. The number of aliphatic hydroxyl groups excluding tert-OH is 1. The van der Waals surface area contributed by atoms with Crippen molar-refractivity contribution in [2.75, 3.05) is 20.3 Å². The van der Waals surface area contributed by atoms with Gasteiger partial charge >= 0.3 is 0 Å². The van der Waals surface area contributed by atoms with E-state index in [2.05, 4.69) is 0 Å². The molecule has 0 aromatic heterocycles. The van der Waals surface area contributed by atoms with Gasteiger partial charge in [0.2, 0.25) is 5.91 Å². The molecule has 0 saturated heterocycles. The van der Waals surface area contributed by atoms with E-state index in [4.69, 9.17) is 21.4 Å². The Labute approximate surface area is 112 Å². The highest BCUT2D eigenvalue weighted by Crippen LogP contribution is 2.17. The maximum absolute atomic E-state index is 11.7. The molecule has 0 saturated carbocycles. The molecule has 5 heteroatoms. The van der Waals surface area contributed by atoms with E-state index in [1.165, 1.54) is 4.90 Å². The molecule has 1 aromatic rings. The molecule has 1 N–H and O–H groups in total. The van der Waals surface area contributed by atoms with Crippen molar-refractivity contribution in [1.29, 1.82) is 0 Å². The third-order valence-electron chi connectivity index (χ3n) is 2.70. The van der Waals surface area contributed by atoms with Crippen LogP contribution in [0.15, 0.2) is 24.3 Å². The molecule has 0 heterocycles. The Kier molecular flexibility index (Phi) is 5.95. The molecule has 0 aliphatic heterocycles. The van der Waals surface area contributed by atoms with Gasteiger partial charge in [-0.05, 0) is 25.1 Å². The summed E-state index contributed by atoms with van der Waals surface area (Å²) in [6.45, 7) is 2.04. The van der Waals surface area contributed by atoms with Crippen LogP contribution >= 0.6 is 11.6 Å². The Morgan fingerprint density at radius 2 is 2.28 bits per heavy atom. The predicted octanol–water partition coefficient (Wildman–Crippen LogP) is 1.95. The summed E-state index contributed by atoms with van der Waals surface area (Å²) in [6.07, 6.45) is 0.271. The average Bonchev–Trinajstić information content (AvgIpc) is 2.36. The van der Waals surface area contributed by atoms with Crippen molar-refractivity contribution in [2.24, 2.45) is 0 Å². The molecule has 1 unspecified atom stereocenters. The van der Waals surface area contributed by atoms with Gasteiger partial charge < -0.3 is 14.7 Å². The van der Waals surface area contributed by atoms with Crippen LogP contribution in [0.5, 0.6) is 5.75 Å². The molecule has 18 heavy (non-hydrogen) atoms. The summed E-state index contributed by atoms with van der Waals surface area (Å²) in [5.41, 5.74) is 0. The maximum Gasteiger partial charge on any atom is 0.226 e. The van der Waals surface area contributed by atoms with Gasteiger partial charge in [-0.15, -0.1) is 0 Å². The average molecular weight is 272 g/mol. The number of benzene rings is 1. The number of amides is 1. The topological polar surface area (TPSA) is 49.8 Å². The number of carbonyl (C=O) groups excluding carboxylic acids is 1. The second kappa shape index (κ2) is 7.24. The highest BCUT2D eigenvalue weighted by molar-refractivity contribution is 6.30. The highest BCUT2D eigenvalue weighted by atomic mass is 35.5. The van der Waals surface area contributed by atoms with Crippen LogP contribution in [0, 0.1) is 0 Å². The van der Waals surface area contributed by atoms with Crippen molar-refractivity contribution in [1.82, 2.24) is 4.90 Å². The van der Waals surface area contributed by atoms with E-state index < -0.39 is 0 Å². The van der Waals surface area contributed by atoms with E-state index in [9.17, 15) is 4.79 Å². The predicted molar refractivity (Wildman–Crippen MR) is 70.9 cm³/mol. The molecule has 0 spiro atoms. The van der Waals surface area contributed by atoms with Gasteiger partial charge in [0, 0.05) is 12.1 Å². The fraction of sp³-hybridized carbons (Fsp3) is 0.462. The molecule has 0 bridgehead atoms. The van der Waals surface area contributed by atoms with Crippen LogP contribution in [0.1, 0.15) is 13.3 Å². The maximum atomic E-state index is 11.7. The third kappa shape index (κ3) is 4.55. The molecular formula is C13H18ClNO3. The standard InChI is InChI=1S/C13H18ClNO3/c1-10(9-16)15(2)13(17)6-7-18-12-5-3-4-11(14)8-12/h3-5,8,10,16H,6-7,9H2,1-2H3. The highest BCUT2D eigenvalue weighted by Gasteiger charge is 2.14. The first-order valence-electron chi connectivity index (χ1n) is 5.79. The quantitative estimate of drug-likeness (QED) is 0.860. The molecular weight excluding hydrogens is 254 g/mol. The first-order chi connectivity index (χ1) is 8.54. The van der Waals surface area contributed by atoms with Gasteiger partial charge in [-0.3, -0.25) is 4.79 Å². The molecule has 0 aliphatic carbocycles. The summed E-state index contributed by atoms with van der Waals surface area (Å²) >= 11 is 5.81. The summed E-state index contributed by atoms with van der Waals surface area (Å²) in [4.78, 5) is 13.2. The molecule has 0 aliphatic rings. The summed E-state index contributed by atoms with van der Waals surface area (Å²) < 4.78 is 5.43. The van der Waals surface area contributed by atoms with Crippen molar-refractivity contribution >= 4 is 17.5 Å². The molecule has 100 valence electrons. The summed E-state index contributed by atoms with van der Waals surface area (Å²) in [7, 11) is 1.67. The second-order valence-corrected chi connectivity index (χ2v) is 4.53.